The van der Waals surface area contributed by atoms with E-state index in [0.29, 0.717) is 0 Å². The highest BCUT2D eigenvalue weighted by molar-refractivity contribution is 7.99. The summed E-state index contributed by atoms with van der Waals surface area (Å²) < 4.78 is 14.5. The second-order valence-electron chi connectivity index (χ2n) is 3.79. The molecule has 1 heterocycles. The molecule has 10 heteroatoms. The molecule has 2 rings (SSSR count). The first kappa shape index (κ1) is 16.0. The molecule has 0 saturated carbocycles. The lowest BCUT2D eigenvalue weighted by Crippen LogP contribution is -2.06. The van der Waals surface area contributed by atoms with Crippen LogP contribution in [0, 0.1) is 5.82 Å². The van der Waals surface area contributed by atoms with Crippen LogP contribution in [0.5, 0.6) is 0 Å². The lowest BCUT2D eigenvalue weighted by atomic mass is 10.3. The molecular formula is C11H8Cl2FN3O3S. The maximum atomic E-state index is 13.2. The van der Waals surface area contributed by atoms with Crippen molar-refractivity contribution in [2.24, 2.45) is 0 Å². The Labute approximate surface area is 132 Å². The summed E-state index contributed by atoms with van der Waals surface area (Å²) in [6.45, 7) is -0.468. The zero-order valence-corrected chi connectivity index (χ0v) is 12.6. The van der Waals surface area contributed by atoms with Crippen molar-refractivity contribution in [3.8, 4) is 5.69 Å². The van der Waals surface area contributed by atoms with Gasteiger partial charge in [-0.25, -0.2) is 4.39 Å². The van der Waals surface area contributed by atoms with Crippen molar-refractivity contribution in [3.63, 3.8) is 0 Å². The van der Waals surface area contributed by atoms with Gasteiger partial charge in [-0.05, 0) is 12.1 Å². The monoisotopic (exact) mass is 351 g/mol. The highest BCUT2D eigenvalue weighted by Gasteiger charge is 2.20. The molecule has 0 radical (unpaired) electrons. The standard InChI is InChI=1S/C11H8Cl2FN3O3S/c12-6-1-5(14)2-7(13)10(6)17-8(3-18)15-16-11(17)21-4-9(19)20/h1-2,18H,3-4H2,(H,19,20). The largest absolute Gasteiger partial charge is 0.481 e. The van der Waals surface area contributed by atoms with E-state index in [1.54, 1.807) is 0 Å². The number of halogens is 3. The summed E-state index contributed by atoms with van der Waals surface area (Å²) in [5.41, 5.74) is 0.182. The van der Waals surface area contributed by atoms with Crippen LogP contribution in [0.3, 0.4) is 0 Å². The van der Waals surface area contributed by atoms with Crippen molar-refractivity contribution in [1.29, 1.82) is 0 Å². The average Bonchev–Trinajstić information content (AvgIpc) is 2.78. The molecule has 0 amide bonds. The summed E-state index contributed by atoms with van der Waals surface area (Å²) in [5, 5.41) is 25.7. The Kier molecular flexibility index (Phi) is 5.04. The van der Waals surface area contributed by atoms with Crippen LogP contribution >= 0.6 is 35.0 Å². The first-order valence-corrected chi connectivity index (χ1v) is 7.23. The summed E-state index contributed by atoms with van der Waals surface area (Å²) in [4.78, 5) is 10.6. The van der Waals surface area contributed by atoms with Crippen LogP contribution in [0.25, 0.3) is 5.69 Å². The van der Waals surface area contributed by atoms with Crippen LogP contribution < -0.4 is 0 Å². The third kappa shape index (κ3) is 3.46. The number of rotatable bonds is 5. The Morgan fingerprint density at radius 2 is 1.95 bits per heavy atom. The molecule has 112 valence electrons. The molecule has 1 aromatic carbocycles. The van der Waals surface area contributed by atoms with E-state index in [9.17, 15) is 14.3 Å². The van der Waals surface area contributed by atoms with Gasteiger partial charge in [0.05, 0.1) is 21.5 Å². The number of nitrogens with zero attached hydrogens (tertiary/aromatic N) is 3. The summed E-state index contributed by atoms with van der Waals surface area (Å²) in [6.07, 6.45) is 0. The highest BCUT2D eigenvalue weighted by Crippen LogP contribution is 2.33. The van der Waals surface area contributed by atoms with Crippen molar-refractivity contribution in [1.82, 2.24) is 14.8 Å². The molecule has 0 bridgehead atoms. The highest BCUT2D eigenvalue weighted by atomic mass is 35.5. The van der Waals surface area contributed by atoms with E-state index >= 15 is 0 Å². The molecule has 21 heavy (non-hydrogen) atoms. The smallest absolute Gasteiger partial charge is 0.313 e. The molecule has 0 aliphatic carbocycles. The van der Waals surface area contributed by atoms with Gasteiger partial charge in [0.1, 0.15) is 12.4 Å². The zero-order chi connectivity index (χ0) is 15.6. The quantitative estimate of drug-likeness (QED) is 0.804. The maximum absolute atomic E-state index is 13.2. The van der Waals surface area contributed by atoms with Gasteiger partial charge in [-0.15, -0.1) is 10.2 Å². The second-order valence-corrected chi connectivity index (χ2v) is 5.55. The number of aliphatic hydroxyl groups excluding tert-OH is 1. The molecular weight excluding hydrogens is 344 g/mol. The summed E-state index contributed by atoms with van der Waals surface area (Å²) in [5.74, 6) is -1.82. The van der Waals surface area contributed by atoms with Gasteiger partial charge in [0.2, 0.25) is 0 Å². The van der Waals surface area contributed by atoms with Gasteiger partial charge in [0.25, 0.3) is 0 Å². The van der Waals surface area contributed by atoms with E-state index in [1.165, 1.54) is 4.57 Å². The van der Waals surface area contributed by atoms with Gasteiger partial charge in [-0.1, -0.05) is 35.0 Å². The normalized spacial score (nSPS) is 10.9. The molecule has 0 atom stereocenters. The molecule has 6 nitrogen and oxygen atoms in total. The van der Waals surface area contributed by atoms with E-state index in [2.05, 4.69) is 10.2 Å². The predicted molar refractivity (Wildman–Crippen MR) is 75.6 cm³/mol. The van der Waals surface area contributed by atoms with Crippen molar-refractivity contribution in [2.45, 2.75) is 11.8 Å². The Hall–Kier alpha value is -1.35. The van der Waals surface area contributed by atoms with Crippen molar-refractivity contribution in [2.75, 3.05) is 5.75 Å². The molecule has 2 aromatic rings. The number of carboxylic acids is 1. The number of hydrogen-bond donors (Lipinski definition) is 2. The van der Waals surface area contributed by atoms with Crippen LogP contribution in [0.1, 0.15) is 5.82 Å². The van der Waals surface area contributed by atoms with Crippen LogP contribution in [0.2, 0.25) is 10.0 Å². The minimum atomic E-state index is -1.05. The van der Waals surface area contributed by atoms with Crippen LogP contribution in [-0.2, 0) is 11.4 Å². The van der Waals surface area contributed by atoms with E-state index < -0.39 is 18.4 Å². The Morgan fingerprint density at radius 3 is 2.48 bits per heavy atom. The van der Waals surface area contributed by atoms with Crippen LogP contribution in [0.4, 0.5) is 4.39 Å². The number of benzene rings is 1. The number of thioether (sulfide) groups is 1. The Morgan fingerprint density at radius 1 is 1.33 bits per heavy atom. The maximum Gasteiger partial charge on any atom is 0.313 e. The topological polar surface area (TPSA) is 88.2 Å². The van der Waals surface area contributed by atoms with Gasteiger partial charge >= 0.3 is 5.97 Å². The molecule has 0 saturated heterocycles. The zero-order valence-electron chi connectivity index (χ0n) is 10.3. The lowest BCUT2D eigenvalue weighted by Gasteiger charge is -2.12. The van der Waals surface area contributed by atoms with Gasteiger partial charge in [-0.3, -0.25) is 9.36 Å². The van der Waals surface area contributed by atoms with E-state index in [0.717, 1.165) is 23.9 Å². The molecule has 0 aliphatic heterocycles. The SMILES string of the molecule is O=C(O)CSc1nnc(CO)n1-c1c(Cl)cc(F)cc1Cl. The van der Waals surface area contributed by atoms with Gasteiger partial charge in [0.15, 0.2) is 11.0 Å². The third-order valence-corrected chi connectivity index (χ3v) is 3.86. The number of carbonyl (C=O) groups is 1. The fourth-order valence-electron chi connectivity index (χ4n) is 1.60. The Bertz CT molecular complexity index is 672. The Balaban J connectivity index is 2.56. The number of carboxylic acid groups (broad SMARTS) is 1. The number of hydrogen-bond acceptors (Lipinski definition) is 5. The number of aliphatic hydroxyl groups is 1. The molecule has 1 aromatic heterocycles. The summed E-state index contributed by atoms with van der Waals surface area (Å²) in [7, 11) is 0. The first-order valence-electron chi connectivity index (χ1n) is 5.48. The van der Waals surface area contributed by atoms with Gasteiger partial charge < -0.3 is 10.2 Å². The average molecular weight is 352 g/mol. The summed E-state index contributed by atoms with van der Waals surface area (Å²) in [6, 6.07) is 2.10. The fourth-order valence-corrected chi connectivity index (χ4v) is 2.90. The minimum absolute atomic E-state index is 0.00771. The number of aliphatic carboxylic acids is 1. The van der Waals surface area contributed by atoms with Crippen LogP contribution in [0.15, 0.2) is 17.3 Å². The number of aromatic nitrogens is 3. The van der Waals surface area contributed by atoms with Crippen molar-refractivity contribution >= 4 is 40.9 Å². The predicted octanol–water partition coefficient (Wildman–Crippen LogP) is 2.38. The third-order valence-electron chi connectivity index (χ3n) is 2.37. The molecule has 0 aliphatic rings. The van der Waals surface area contributed by atoms with E-state index in [4.69, 9.17) is 28.3 Å². The fraction of sp³-hybridized carbons (Fsp3) is 0.182. The van der Waals surface area contributed by atoms with Crippen LogP contribution in [-0.4, -0.2) is 36.7 Å². The van der Waals surface area contributed by atoms with Crippen molar-refractivity contribution in [3.05, 3.63) is 33.8 Å². The molecule has 0 fully saturated rings. The van der Waals surface area contributed by atoms with Gasteiger partial charge in [0, 0.05) is 0 Å². The summed E-state index contributed by atoms with van der Waals surface area (Å²) >= 11 is 12.8. The molecule has 0 unspecified atom stereocenters. The van der Waals surface area contributed by atoms with E-state index in [1.807, 2.05) is 0 Å². The second kappa shape index (κ2) is 6.61. The van der Waals surface area contributed by atoms with E-state index in [-0.39, 0.29) is 32.5 Å². The lowest BCUT2D eigenvalue weighted by molar-refractivity contribution is -0.133. The first-order chi connectivity index (χ1) is 9.93. The molecule has 0 spiro atoms. The van der Waals surface area contributed by atoms with Gasteiger partial charge in [-0.2, -0.15) is 0 Å². The van der Waals surface area contributed by atoms with Crippen molar-refractivity contribution < 1.29 is 19.4 Å². The minimum Gasteiger partial charge on any atom is -0.481 e. The molecule has 2 N–H and O–H groups in total.